The minimum Gasteiger partial charge on any atom is -0.480 e. The van der Waals surface area contributed by atoms with Crippen LogP contribution in [0.2, 0.25) is 0 Å². The highest BCUT2D eigenvalue weighted by molar-refractivity contribution is 7.80. The van der Waals surface area contributed by atoms with Crippen molar-refractivity contribution in [1.82, 2.24) is 16.0 Å². The number of carbonyl (C=O) groups is 4. The van der Waals surface area contributed by atoms with E-state index in [0.29, 0.717) is 5.56 Å². The van der Waals surface area contributed by atoms with Crippen LogP contribution in [0.3, 0.4) is 0 Å². The zero-order valence-corrected chi connectivity index (χ0v) is 18.3. The SMILES string of the molecule is CC(C)C(N)C(=O)NC(CS)C(=O)NC(CO)C(=O)NC(Cc1ccccc1)C(=O)O. The Hall–Kier alpha value is -2.63. The third-order valence-electron chi connectivity index (χ3n) is 4.55. The Bertz CT molecular complexity index is 761. The van der Waals surface area contributed by atoms with Crippen LogP contribution in [0.1, 0.15) is 19.4 Å². The number of aliphatic carboxylic acids is 1. The van der Waals surface area contributed by atoms with Crippen molar-refractivity contribution in [1.29, 1.82) is 0 Å². The van der Waals surface area contributed by atoms with E-state index in [0.717, 1.165) is 0 Å². The van der Waals surface area contributed by atoms with Gasteiger partial charge in [0.1, 0.15) is 18.1 Å². The molecule has 0 aliphatic rings. The highest BCUT2D eigenvalue weighted by atomic mass is 32.1. The molecule has 7 N–H and O–H groups in total. The smallest absolute Gasteiger partial charge is 0.326 e. The van der Waals surface area contributed by atoms with Crippen LogP contribution >= 0.6 is 12.6 Å². The maximum Gasteiger partial charge on any atom is 0.326 e. The number of benzene rings is 1. The number of amides is 3. The molecule has 0 aromatic heterocycles. The predicted octanol–water partition coefficient (Wildman–Crippen LogP) is -1.33. The van der Waals surface area contributed by atoms with Crippen LogP contribution < -0.4 is 21.7 Å². The molecule has 0 fully saturated rings. The van der Waals surface area contributed by atoms with Crippen LogP contribution in [0, 0.1) is 5.92 Å². The number of nitrogens with one attached hydrogen (secondary N) is 3. The third kappa shape index (κ3) is 8.56. The number of thiol groups is 1. The lowest BCUT2D eigenvalue weighted by Gasteiger charge is -2.24. The fraction of sp³-hybridized carbons (Fsp3) is 0.500. The lowest BCUT2D eigenvalue weighted by Crippen LogP contribution is -2.59. The summed E-state index contributed by atoms with van der Waals surface area (Å²) in [6.45, 7) is 2.73. The first-order chi connectivity index (χ1) is 14.6. The van der Waals surface area contributed by atoms with Gasteiger partial charge in [-0.05, 0) is 11.5 Å². The highest BCUT2D eigenvalue weighted by Gasteiger charge is 2.30. The average molecular weight is 455 g/mol. The lowest BCUT2D eigenvalue weighted by atomic mass is 10.0. The molecule has 10 nitrogen and oxygen atoms in total. The summed E-state index contributed by atoms with van der Waals surface area (Å²) in [5, 5.41) is 26.0. The van der Waals surface area contributed by atoms with Crippen LogP contribution in [0.5, 0.6) is 0 Å². The number of rotatable bonds is 12. The van der Waals surface area contributed by atoms with Crippen molar-refractivity contribution in [3.05, 3.63) is 35.9 Å². The van der Waals surface area contributed by atoms with Gasteiger partial charge in [-0.1, -0.05) is 44.2 Å². The summed E-state index contributed by atoms with van der Waals surface area (Å²) in [7, 11) is 0. The Balaban J connectivity index is 2.77. The second kappa shape index (κ2) is 12.9. The van der Waals surface area contributed by atoms with Crippen LogP contribution in [-0.2, 0) is 25.6 Å². The van der Waals surface area contributed by atoms with Crippen LogP contribution in [-0.4, -0.2) is 70.4 Å². The van der Waals surface area contributed by atoms with Crippen molar-refractivity contribution in [3.8, 4) is 0 Å². The molecule has 31 heavy (non-hydrogen) atoms. The molecular weight excluding hydrogens is 424 g/mol. The van der Waals surface area contributed by atoms with Gasteiger partial charge in [-0.3, -0.25) is 14.4 Å². The van der Waals surface area contributed by atoms with Gasteiger partial charge < -0.3 is 31.9 Å². The summed E-state index contributed by atoms with van der Waals surface area (Å²) >= 11 is 4.03. The van der Waals surface area contributed by atoms with Crippen molar-refractivity contribution in [2.75, 3.05) is 12.4 Å². The number of carbonyl (C=O) groups excluding carboxylic acids is 3. The predicted molar refractivity (Wildman–Crippen MR) is 117 cm³/mol. The molecular formula is C20H30N4O6S. The van der Waals surface area contributed by atoms with E-state index in [1.807, 2.05) is 0 Å². The van der Waals surface area contributed by atoms with Gasteiger partial charge in [0.15, 0.2) is 0 Å². The second-order valence-corrected chi connectivity index (χ2v) is 7.71. The van der Waals surface area contributed by atoms with Gasteiger partial charge in [0.05, 0.1) is 12.6 Å². The molecule has 1 aromatic rings. The maximum absolute atomic E-state index is 12.5. The molecule has 3 amide bonds. The van der Waals surface area contributed by atoms with Crippen molar-refractivity contribution in [3.63, 3.8) is 0 Å². The third-order valence-corrected chi connectivity index (χ3v) is 4.91. The first-order valence-electron chi connectivity index (χ1n) is 9.75. The van der Waals surface area contributed by atoms with E-state index in [2.05, 4.69) is 28.6 Å². The number of carboxylic acid groups (broad SMARTS) is 1. The van der Waals surface area contributed by atoms with Crippen LogP contribution in [0.25, 0.3) is 0 Å². The number of carboxylic acids is 1. The summed E-state index contributed by atoms with van der Waals surface area (Å²) in [6, 6.07) is 4.09. The zero-order valence-electron chi connectivity index (χ0n) is 17.4. The van der Waals surface area contributed by atoms with Gasteiger partial charge in [0.2, 0.25) is 17.7 Å². The standard InChI is InChI=1S/C20H30N4O6S/c1-11(2)16(21)19(28)24-15(10-31)18(27)23-14(9-25)17(26)22-13(20(29)30)8-12-6-4-3-5-7-12/h3-7,11,13-16,25,31H,8-10,21H2,1-2H3,(H,22,26)(H,23,27)(H,24,28)(H,29,30). The van der Waals surface area contributed by atoms with Crippen LogP contribution in [0.4, 0.5) is 0 Å². The van der Waals surface area contributed by atoms with E-state index in [1.54, 1.807) is 44.2 Å². The van der Waals surface area contributed by atoms with E-state index < -0.39 is 54.5 Å². The molecule has 0 aliphatic heterocycles. The Morgan fingerprint density at radius 3 is 1.94 bits per heavy atom. The monoisotopic (exact) mass is 454 g/mol. The number of hydrogen-bond donors (Lipinski definition) is 7. The van der Waals surface area contributed by atoms with Crippen molar-refractivity contribution >= 4 is 36.3 Å². The first-order valence-corrected chi connectivity index (χ1v) is 10.4. The van der Waals surface area contributed by atoms with Gasteiger partial charge in [-0.25, -0.2) is 4.79 Å². The Morgan fingerprint density at radius 2 is 1.45 bits per heavy atom. The van der Waals surface area contributed by atoms with Gasteiger partial charge in [-0.15, -0.1) is 0 Å². The number of aliphatic hydroxyl groups is 1. The number of nitrogens with two attached hydrogens (primary N) is 1. The number of aliphatic hydroxyl groups excluding tert-OH is 1. The molecule has 0 radical (unpaired) electrons. The lowest BCUT2D eigenvalue weighted by molar-refractivity contribution is -0.142. The van der Waals surface area contributed by atoms with E-state index in [4.69, 9.17) is 5.73 Å². The molecule has 0 bridgehead atoms. The van der Waals surface area contributed by atoms with E-state index >= 15 is 0 Å². The normalized spacial score (nSPS) is 14.8. The van der Waals surface area contributed by atoms with Crippen LogP contribution in [0.15, 0.2) is 30.3 Å². The Kier molecular flexibility index (Phi) is 11.0. The molecule has 1 rings (SSSR count). The van der Waals surface area contributed by atoms with Crippen molar-refractivity contribution in [2.24, 2.45) is 11.7 Å². The van der Waals surface area contributed by atoms with Gasteiger partial charge in [0, 0.05) is 12.2 Å². The molecule has 4 atom stereocenters. The molecule has 4 unspecified atom stereocenters. The zero-order chi connectivity index (χ0) is 23.6. The second-order valence-electron chi connectivity index (χ2n) is 7.35. The largest absolute Gasteiger partial charge is 0.480 e. The quantitative estimate of drug-likeness (QED) is 0.192. The Labute approximate surface area is 186 Å². The van der Waals surface area contributed by atoms with Gasteiger partial charge in [-0.2, -0.15) is 12.6 Å². The van der Waals surface area contributed by atoms with Crippen molar-refractivity contribution < 1.29 is 29.4 Å². The van der Waals surface area contributed by atoms with Gasteiger partial charge >= 0.3 is 5.97 Å². The maximum atomic E-state index is 12.5. The molecule has 0 saturated carbocycles. The van der Waals surface area contributed by atoms with Gasteiger partial charge in [0.25, 0.3) is 0 Å². The Morgan fingerprint density at radius 1 is 0.935 bits per heavy atom. The summed E-state index contributed by atoms with van der Waals surface area (Å²) in [5.41, 5.74) is 6.45. The first kappa shape index (κ1) is 26.4. The minimum atomic E-state index is -1.41. The van der Waals surface area contributed by atoms with E-state index in [9.17, 15) is 29.4 Å². The summed E-state index contributed by atoms with van der Waals surface area (Å²) in [6.07, 6.45) is 0.0242. The fourth-order valence-corrected chi connectivity index (χ4v) is 2.81. The molecule has 0 heterocycles. The molecule has 172 valence electrons. The summed E-state index contributed by atoms with van der Waals surface area (Å²) in [5.74, 6) is -3.68. The van der Waals surface area contributed by atoms with E-state index in [1.165, 1.54) is 0 Å². The topological polar surface area (TPSA) is 171 Å². The van der Waals surface area contributed by atoms with Crippen molar-refractivity contribution in [2.45, 2.75) is 44.4 Å². The summed E-state index contributed by atoms with van der Waals surface area (Å²) in [4.78, 5) is 48.6. The molecule has 0 aliphatic carbocycles. The average Bonchev–Trinajstić information content (AvgIpc) is 2.74. The minimum absolute atomic E-state index is 0.0242. The van der Waals surface area contributed by atoms with E-state index in [-0.39, 0.29) is 18.1 Å². The fourth-order valence-electron chi connectivity index (χ4n) is 2.55. The number of hydrogen-bond acceptors (Lipinski definition) is 7. The molecule has 1 aromatic carbocycles. The molecule has 0 spiro atoms. The summed E-state index contributed by atoms with van der Waals surface area (Å²) < 4.78 is 0. The highest BCUT2D eigenvalue weighted by Crippen LogP contribution is 2.04. The molecule has 11 heteroatoms. The molecule has 0 saturated heterocycles.